The molecule has 3 heteroatoms. The van der Waals surface area contributed by atoms with Gasteiger partial charge in [0.05, 0.1) is 12.4 Å². The van der Waals surface area contributed by atoms with E-state index in [4.69, 9.17) is 15.9 Å². The maximum atomic E-state index is 7.12. The molecule has 0 radical (unpaired) electrons. The summed E-state index contributed by atoms with van der Waals surface area (Å²) in [5.41, 5.74) is 6.45. The van der Waals surface area contributed by atoms with Crippen LogP contribution >= 0.6 is 0 Å². The first-order valence-electron chi connectivity index (χ1n) is 4.77. The highest BCUT2D eigenvalue weighted by atomic mass is 16.5. The second-order valence-corrected chi connectivity index (χ2v) is 3.11. The maximum absolute atomic E-state index is 7.12. The quantitative estimate of drug-likeness (QED) is 0.553. The molecule has 3 N–H and O–H groups in total. The van der Waals surface area contributed by atoms with E-state index in [0.29, 0.717) is 13.0 Å². The van der Waals surface area contributed by atoms with Crippen molar-refractivity contribution in [3.63, 3.8) is 0 Å². The van der Waals surface area contributed by atoms with Crippen LogP contribution in [0.2, 0.25) is 0 Å². The molecule has 0 saturated heterocycles. The van der Waals surface area contributed by atoms with Gasteiger partial charge in [0, 0.05) is 6.42 Å². The molecule has 0 fully saturated rings. The van der Waals surface area contributed by atoms with Gasteiger partial charge in [0.1, 0.15) is 5.75 Å². The van der Waals surface area contributed by atoms with Gasteiger partial charge in [-0.05, 0) is 31.0 Å². The molecule has 3 nitrogen and oxygen atoms in total. The predicted molar refractivity (Wildman–Crippen MR) is 57.8 cm³/mol. The number of aryl methyl sites for hydroxylation is 1. The van der Waals surface area contributed by atoms with Crippen LogP contribution < -0.4 is 10.5 Å². The number of rotatable bonds is 5. The zero-order valence-corrected chi connectivity index (χ0v) is 8.42. The van der Waals surface area contributed by atoms with Gasteiger partial charge >= 0.3 is 0 Å². The van der Waals surface area contributed by atoms with Gasteiger partial charge in [-0.1, -0.05) is 12.1 Å². The molecule has 1 rings (SSSR count). The largest absolute Gasteiger partial charge is 0.494 e. The van der Waals surface area contributed by atoms with Gasteiger partial charge in [0.25, 0.3) is 0 Å². The van der Waals surface area contributed by atoms with E-state index in [1.807, 2.05) is 31.2 Å². The molecule has 0 aliphatic rings. The Bertz CT molecular complexity index is 310. The summed E-state index contributed by atoms with van der Waals surface area (Å²) >= 11 is 0. The van der Waals surface area contributed by atoms with Gasteiger partial charge in [-0.25, -0.2) is 0 Å². The van der Waals surface area contributed by atoms with Crippen molar-refractivity contribution in [1.29, 1.82) is 5.41 Å². The number of nitrogens with two attached hydrogens (primary N) is 1. The average molecular weight is 192 g/mol. The van der Waals surface area contributed by atoms with Gasteiger partial charge in [-0.2, -0.15) is 0 Å². The predicted octanol–water partition coefficient (Wildman–Crippen LogP) is 1.95. The monoisotopic (exact) mass is 192 g/mol. The van der Waals surface area contributed by atoms with Crippen molar-refractivity contribution in [3.8, 4) is 5.75 Å². The number of ether oxygens (including phenoxy) is 1. The summed E-state index contributed by atoms with van der Waals surface area (Å²) in [7, 11) is 0. The van der Waals surface area contributed by atoms with E-state index < -0.39 is 0 Å². The smallest absolute Gasteiger partial charge is 0.119 e. The lowest BCUT2D eigenvalue weighted by Gasteiger charge is -2.05. The van der Waals surface area contributed by atoms with Crippen LogP contribution in [0.25, 0.3) is 0 Å². The highest BCUT2D eigenvalue weighted by molar-refractivity contribution is 5.77. The fourth-order valence-corrected chi connectivity index (χ4v) is 1.24. The Morgan fingerprint density at radius 3 is 2.93 bits per heavy atom. The van der Waals surface area contributed by atoms with Gasteiger partial charge in [0.2, 0.25) is 0 Å². The molecule has 0 spiro atoms. The fourth-order valence-electron chi connectivity index (χ4n) is 1.24. The van der Waals surface area contributed by atoms with E-state index in [1.165, 1.54) is 0 Å². The van der Waals surface area contributed by atoms with Crippen LogP contribution in [0.1, 0.15) is 18.9 Å². The minimum atomic E-state index is 0.229. The van der Waals surface area contributed by atoms with E-state index in [1.54, 1.807) is 0 Å². The first-order valence-corrected chi connectivity index (χ1v) is 4.77. The minimum Gasteiger partial charge on any atom is -0.494 e. The summed E-state index contributed by atoms with van der Waals surface area (Å²) in [6, 6.07) is 7.90. The third-order valence-electron chi connectivity index (χ3n) is 1.89. The summed E-state index contributed by atoms with van der Waals surface area (Å²) in [6.07, 6.45) is 1.41. The lowest BCUT2D eigenvalue weighted by molar-refractivity contribution is 0.340. The normalized spacial score (nSPS) is 9.79. The molecule has 0 aromatic heterocycles. The fraction of sp³-hybridized carbons (Fsp3) is 0.364. The Kier molecular flexibility index (Phi) is 3.98. The molecule has 0 heterocycles. The number of hydrogen-bond donors (Lipinski definition) is 2. The molecule has 0 amide bonds. The van der Waals surface area contributed by atoms with Crippen molar-refractivity contribution in [2.24, 2.45) is 5.73 Å². The molecule has 0 unspecified atom stereocenters. The standard InChI is InChI=1S/C11H16N2O/c1-2-14-10-5-3-4-9(8-10)6-7-11(12)13/h3-5,8H,2,6-7H2,1H3,(H3,12,13). The Hall–Kier alpha value is -1.51. The van der Waals surface area contributed by atoms with E-state index in [9.17, 15) is 0 Å². The van der Waals surface area contributed by atoms with Crippen LogP contribution in [-0.2, 0) is 6.42 Å². The number of amidine groups is 1. The molecule has 0 atom stereocenters. The van der Waals surface area contributed by atoms with Crippen LogP contribution in [0.15, 0.2) is 24.3 Å². The van der Waals surface area contributed by atoms with Crippen molar-refractivity contribution in [3.05, 3.63) is 29.8 Å². The summed E-state index contributed by atoms with van der Waals surface area (Å²) in [4.78, 5) is 0. The van der Waals surface area contributed by atoms with E-state index >= 15 is 0 Å². The van der Waals surface area contributed by atoms with Gasteiger partial charge in [-0.15, -0.1) is 0 Å². The highest BCUT2D eigenvalue weighted by Crippen LogP contribution is 2.14. The van der Waals surface area contributed by atoms with Crippen molar-refractivity contribution in [2.75, 3.05) is 6.61 Å². The lowest BCUT2D eigenvalue weighted by atomic mass is 10.1. The summed E-state index contributed by atoms with van der Waals surface area (Å²) in [5, 5.41) is 7.12. The highest BCUT2D eigenvalue weighted by Gasteiger charge is 1.97. The molecule has 76 valence electrons. The second kappa shape index (κ2) is 5.27. The van der Waals surface area contributed by atoms with Crippen molar-refractivity contribution in [1.82, 2.24) is 0 Å². The summed E-state index contributed by atoms with van der Waals surface area (Å²) in [5.74, 6) is 1.11. The van der Waals surface area contributed by atoms with Crippen LogP contribution in [0.5, 0.6) is 5.75 Å². The summed E-state index contributed by atoms with van der Waals surface area (Å²) < 4.78 is 5.37. The molecule has 0 saturated carbocycles. The first kappa shape index (κ1) is 10.6. The van der Waals surface area contributed by atoms with Crippen LogP contribution in [-0.4, -0.2) is 12.4 Å². The summed E-state index contributed by atoms with van der Waals surface area (Å²) in [6.45, 7) is 2.64. The Morgan fingerprint density at radius 2 is 2.29 bits per heavy atom. The molecule has 0 bridgehead atoms. The van der Waals surface area contributed by atoms with Gasteiger partial charge < -0.3 is 10.5 Å². The van der Waals surface area contributed by atoms with Gasteiger partial charge in [0.15, 0.2) is 0 Å². The molecular formula is C11H16N2O. The molecule has 0 aliphatic carbocycles. The van der Waals surface area contributed by atoms with Crippen LogP contribution in [0, 0.1) is 5.41 Å². The Morgan fingerprint density at radius 1 is 1.50 bits per heavy atom. The average Bonchev–Trinajstić information content (AvgIpc) is 2.16. The SMILES string of the molecule is CCOc1cccc(CCC(=N)N)c1. The molecule has 14 heavy (non-hydrogen) atoms. The zero-order chi connectivity index (χ0) is 10.4. The number of nitrogens with one attached hydrogen (secondary N) is 1. The third kappa shape index (κ3) is 3.47. The number of benzene rings is 1. The second-order valence-electron chi connectivity index (χ2n) is 3.11. The molecular weight excluding hydrogens is 176 g/mol. The van der Waals surface area contributed by atoms with Gasteiger partial charge in [-0.3, -0.25) is 5.41 Å². The molecule has 1 aromatic rings. The molecule has 1 aromatic carbocycles. The van der Waals surface area contributed by atoms with Crippen molar-refractivity contribution >= 4 is 5.84 Å². The Labute approximate surface area is 84.4 Å². The number of hydrogen-bond acceptors (Lipinski definition) is 2. The van der Waals surface area contributed by atoms with Crippen LogP contribution in [0.4, 0.5) is 0 Å². The molecule has 0 aliphatic heterocycles. The third-order valence-corrected chi connectivity index (χ3v) is 1.89. The maximum Gasteiger partial charge on any atom is 0.119 e. The zero-order valence-electron chi connectivity index (χ0n) is 8.42. The topological polar surface area (TPSA) is 59.1 Å². The van der Waals surface area contributed by atoms with Crippen molar-refractivity contribution in [2.45, 2.75) is 19.8 Å². The van der Waals surface area contributed by atoms with Crippen molar-refractivity contribution < 1.29 is 4.74 Å². The van der Waals surface area contributed by atoms with E-state index in [2.05, 4.69) is 0 Å². The van der Waals surface area contributed by atoms with E-state index in [0.717, 1.165) is 17.7 Å². The first-order chi connectivity index (χ1) is 6.72. The van der Waals surface area contributed by atoms with E-state index in [-0.39, 0.29) is 5.84 Å². The Balaban J connectivity index is 2.58. The minimum absolute atomic E-state index is 0.229. The lowest BCUT2D eigenvalue weighted by Crippen LogP contribution is -2.10. The van der Waals surface area contributed by atoms with Crippen LogP contribution in [0.3, 0.4) is 0 Å².